The molecule has 0 amide bonds. The lowest BCUT2D eigenvalue weighted by Gasteiger charge is -2.31. The lowest BCUT2D eigenvalue weighted by Crippen LogP contribution is -2.42. The molecule has 1 aromatic carbocycles. The smallest absolute Gasteiger partial charge is 0.480 e. The molecular formula is C31H49NO11. The summed E-state index contributed by atoms with van der Waals surface area (Å²) in [7, 11) is 0. The molecule has 0 fully saturated rings. The van der Waals surface area contributed by atoms with Crippen molar-refractivity contribution in [2.45, 2.75) is 92.7 Å². The van der Waals surface area contributed by atoms with Crippen LogP contribution in [0.3, 0.4) is 0 Å². The van der Waals surface area contributed by atoms with Crippen LogP contribution in [0.15, 0.2) is 18.2 Å². The van der Waals surface area contributed by atoms with E-state index in [1.807, 2.05) is 41.5 Å². The number of hydrogen-bond acceptors (Lipinski definition) is 11. The number of rotatable bonds is 17. The van der Waals surface area contributed by atoms with Gasteiger partial charge in [0.25, 0.3) is 0 Å². The first-order valence-corrected chi connectivity index (χ1v) is 14.8. The van der Waals surface area contributed by atoms with E-state index in [0.717, 1.165) is 6.42 Å². The first kappa shape index (κ1) is 37.5. The minimum absolute atomic E-state index is 0.106. The summed E-state index contributed by atoms with van der Waals surface area (Å²) in [6.45, 7) is 15.5. The molecule has 0 heterocycles. The molecule has 43 heavy (non-hydrogen) atoms. The summed E-state index contributed by atoms with van der Waals surface area (Å²) in [6.07, 6.45) is -1.68. The maximum atomic E-state index is 12.5. The van der Waals surface area contributed by atoms with E-state index < -0.39 is 48.4 Å². The van der Waals surface area contributed by atoms with Gasteiger partial charge in [-0.25, -0.2) is 14.4 Å². The highest BCUT2D eigenvalue weighted by Crippen LogP contribution is 2.37. The molecule has 0 saturated heterocycles. The SMILES string of the molecule is CCC(C)COC(=O)OC(C)C(C)C(c1ccc(OC(=O)OCCC(C)C)c(OC(=O)OCCC(C)C)c1)[C@H](N)C(=O)O. The van der Waals surface area contributed by atoms with Gasteiger partial charge >= 0.3 is 24.4 Å². The normalized spacial score (nSPS) is 14.7. The lowest BCUT2D eigenvalue weighted by molar-refractivity contribution is -0.139. The Hall–Kier alpha value is -3.54. The van der Waals surface area contributed by atoms with Gasteiger partial charge in [-0.3, -0.25) is 4.79 Å². The Labute approximate surface area is 254 Å². The van der Waals surface area contributed by atoms with E-state index in [2.05, 4.69) is 0 Å². The van der Waals surface area contributed by atoms with Crippen LogP contribution < -0.4 is 15.2 Å². The van der Waals surface area contributed by atoms with Gasteiger partial charge in [-0.1, -0.05) is 61.0 Å². The van der Waals surface area contributed by atoms with Crippen molar-refractivity contribution < 1.29 is 52.7 Å². The van der Waals surface area contributed by atoms with Crippen LogP contribution in [-0.4, -0.2) is 61.5 Å². The molecule has 3 N–H and O–H groups in total. The van der Waals surface area contributed by atoms with Crippen LogP contribution in [0.25, 0.3) is 0 Å². The number of carbonyl (C=O) groups excluding carboxylic acids is 3. The number of benzene rings is 1. The predicted octanol–water partition coefficient (Wildman–Crippen LogP) is 6.53. The van der Waals surface area contributed by atoms with Crippen LogP contribution in [0, 0.1) is 23.7 Å². The van der Waals surface area contributed by atoms with Gasteiger partial charge in [-0.2, -0.15) is 0 Å². The number of nitrogens with two attached hydrogens (primary N) is 1. The molecule has 0 radical (unpaired) electrons. The molecule has 12 nitrogen and oxygen atoms in total. The van der Waals surface area contributed by atoms with Gasteiger partial charge in [0.05, 0.1) is 19.8 Å². The van der Waals surface area contributed by atoms with Gasteiger partial charge in [0.1, 0.15) is 12.1 Å². The van der Waals surface area contributed by atoms with Crippen LogP contribution >= 0.6 is 0 Å². The highest BCUT2D eigenvalue weighted by Gasteiger charge is 2.36. The molecular weight excluding hydrogens is 562 g/mol. The number of aliphatic carboxylic acids is 1. The van der Waals surface area contributed by atoms with Crippen LogP contribution in [0.1, 0.15) is 86.1 Å². The molecule has 12 heteroatoms. The quantitative estimate of drug-likeness (QED) is 0.111. The zero-order chi connectivity index (χ0) is 32.7. The number of carbonyl (C=O) groups is 4. The average Bonchev–Trinajstić information content (AvgIpc) is 2.92. The molecule has 0 aromatic heterocycles. The molecule has 4 unspecified atom stereocenters. The summed E-state index contributed by atoms with van der Waals surface area (Å²) in [6, 6.07) is 2.75. The summed E-state index contributed by atoms with van der Waals surface area (Å²) >= 11 is 0. The maximum Gasteiger partial charge on any atom is 0.513 e. The van der Waals surface area contributed by atoms with Crippen molar-refractivity contribution in [3.8, 4) is 11.5 Å². The second-order valence-electron chi connectivity index (χ2n) is 11.6. The molecule has 0 aliphatic carbocycles. The zero-order valence-corrected chi connectivity index (χ0v) is 26.6. The molecule has 0 saturated carbocycles. The van der Waals surface area contributed by atoms with Crippen molar-refractivity contribution in [3.05, 3.63) is 23.8 Å². The van der Waals surface area contributed by atoms with Gasteiger partial charge in [-0.05, 0) is 55.2 Å². The summed E-state index contributed by atoms with van der Waals surface area (Å²) in [5.74, 6) is -2.48. The zero-order valence-electron chi connectivity index (χ0n) is 26.6. The number of carboxylic acid groups (broad SMARTS) is 1. The summed E-state index contributed by atoms with van der Waals surface area (Å²) in [5.41, 5.74) is 6.44. The van der Waals surface area contributed by atoms with Crippen molar-refractivity contribution in [1.82, 2.24) is 0 Å². The Morgan fingerprint density at radius 3 is 1.81 bits per heavy atom. The van der Waals surface area contributed by atoms with Gasteiger partial charge in [0.2, 0.25) is 0 Å². The van der Waals surface area contributed by atoms with Crippen molar-refractivity contribution >= 4 is 24.4 Å². The first-order chi connectivity index (χ1) is 20.2. The Balaban J connectivity index is 3.32. The van der Waals surface area contributed by atoms with E-state index in [-0.39, 0.29) is 43.2 Å². The number of hydrogen-bond donors (Lipinski definition) is 2. The fourth-order valence-electron chi connectivity index (χ4n) is 3.80. The Morgan fingerprint density at radius 2 is 1.33 bits per heavy atom. The maximum absolute atomic E-state index is 12.5. The molecule has 0 bridgehead atoms. The van der Waals surface area contributed by atoms with Crippen molar-refractivity contribution in [3.63, 3.8) is 0 Å². The van der Waals surface area contributed by atoms with Gasteiger partial charge in [0, 0.05) is 11.8 Å². The first-order valence-electron chi connectivity index (χ1n) is 14.8. The van der Waals surface area contributed by atoms with Crippen LogP contribution in [0.2, 0.25) is 0 Å². The predicted molar refractivity (Wildman–Crippen MR) is 158 cm³/mol. The number of carboxylic acids is 1. The van der Waals surface area contributed by atoms with Crippen molar-refractivity contribution in [2.75, 3.05) is 19.8 Å². The third-order valence-corrected chi connectivity index (χ3v) is 7.01. The van der Waals surface area contributed by atoms with Gasteiger partial charge in [-0.15, -0.1) is 0 Å². The van der Waals surface area contributed by atoms with Gasteiger partial charge < -0.3 is 39.3 Å². The summed E-state index contributed by atoms with van der Waals surface area (Å²) < 4.78 is 31.5. The minimum atomic E-state index is -1.43. The third-order valence-electron chi connectivity index (χ3n) is 7.01. The van der Waals surface area contributed by atoms with Gasteiger partial charge in [0.15, 0.2) is 11.5 Å². The second-order valence-corrected chi connectivity index (χ2v) is 11.6. The summed E-state index contributed by atoms with van der Waals surface area (Å²) in [5, 5.41) is 9.80. The van der Waals surface area contributed by atoms with Crippen molar-refractivity contribution in [2.24, 2.45) is 29.4 Å². The minimum Gasteiger partial charge on any atom is -0.480 e. The molecule has 0 aliphatic rings. The molecule has 244 valence electrons. The topological polar surface area (TPSA) is 170 Å². The molecule has 1 aromatic rings. The Bertz CT molecular complexity index is 1040. The average molecular weight is 612 g/mol. The van der Waals surface area contributed by atoms with E-state index in [0.29, 0.717) is 24.3 Å². The fourth-order valence-corrected chi connectivity index (χ4v) is 3.80. The van der Waals surface area contributed by atoms with E-state index in [1.54, 1.807) is 13.8 Å². The van der Waals surface area contributed by atoms with Crippen LogP contribution in [0.4, 0.5) is 14.4 Å². The summed E-state index contributed by atoms with van der Waals surface area (Å²) in [4.78, 5) is 49.1. The van der Waals surface area contributed by atoms with Crippen LogP contribution in [-0.2, 0) is 23.7 Å². The largest absolute Gasteiger partial charge is 0.513 e. The fraction of sp³-hybridized carbons (Fsp3) is 0.677. The van der Waals surface area contributed by atoms with E-state index >= 15 is 0 Å². The van der Waals surface area contributed by atoms with E-state index in [1.165, 1.54) is 18.2 Å². The monoisotopic (exact) mass is 611 g/mol. The number of ether oxygens (including phenoxy) is 6. The van der Waals surface area contributed by atoms with Crippen molar-refractivity contribution in [1.29, 1.82) is 0 Å². The molecule has 0 spiro atoms. The highest BCUT2D eigenvalue weighted by atomic mass is 16.7. The Kier molecular flexibility index (Phi) is 16.5. The lowest BCUT2D eigenvalue weighted by atomic mass is 9.79. The third kappa shape index (κ3) is 14.0. The second kappa shape index (κ2) is 18.9. The highest BCUT2D eigenvalue weighted by molar-refractivity contribution is 5.75. The van der Waals surface area contributed by atoms with E-state index in [4.69, 9.17) is 34.2 Å². The molecule has 1 rings (SSSR count). The van der Waals surface area contributed by atoms with E-state index in [9.17, 15) is 24.3 Å². The molecule has 0 aliphatic heterocycles. The van der Waals surface area contributed by atoms with Crippen LogP contribution in [0.5, 0.6) is 11.5 Å². The standard InChI is InChI=1S/C31H49NO11/c1-9-20(6)17-40-31(37)41-22(8)21(7)26(27(32)28(33)34)23-10-11-24(42-29(35)38-14-12-18(2)3)25(16-23)43-30(36)39-15-13-19(4)5/h10-11,16,18-22,26-27H,9,12-15,17,32H2,1-8H3,(H,33,34)/t20?,21?,22?,26?,27-/m0/s1. The molecule has 5 atom stereocenters. The Morgan fingerprint density at radius 1 is 0.791 bits per heavy atom.